The second-order valence-electron chi connectivity index (χ2n) is 8.90. The van der Waals surface area contributed by atoms with Gasteiger partial charge >= 0.3 is 0 Å². The molecule has 1 aliphatic heterocycles. The van der Waals surface area contributed by atoms with Crippen LogP contribution in [0.3, 0.4) is 0 Å². The molecule has 2 fully saturated rings. The van der Waals surface area contributed by atoms with Crippen molar-refractivity contribution in [3.05, 3.63) is 59.7 Å². The summed E-state index contributed by atoms with van der Waals surface area (Å²) in [5.41, 5.74) is 2.41. The Hall–Kier alpha value is -3.02. The highest BCUT2D eigenvalue weighted by Crippen LogP contribution is 2.43. The lowest BCUT2D eigenvalue weighted by atomic mass is 9.64. The summed E-state index contributed by atoms with van der Waals surface area (Å²) in [5, 5.41) is 3.16. The summed E-state index contributed by atoms with van der Waals surface area (Å²) in [5.74, 6) is 1.13. The molecule has 0 bridgehead atoms. The molecule has 1 N–H and O–H groups in total. The summed E-state index contributed by atoms with van der Waals surface area (Å²) in [6, 6.07) is 16.2. The Morgan fingerprint density at radius 3 is 2.50 bits per heavy atom. The van der Waals surface area contributed by atoms with Crippen LogP contribution in [-0.4, -0.2) is 50.6 Å². The Morgan fingerprint density at radius 2 is 1.84 bits per heavy atom. The SMILES string of the molecule is COc1ccc(CCN2CC(C(=O)NCC3(c4ccccc4)CCC3)CC2=O)cc1OC. The second kappa shape index (κ2) is 9.63. The van der Waals surface area contributed by atoms with Crippen LogP contribution in [0.4, 0.5) is 0 Å². The predicted octanol–water partition coefficient (Wildman–Crippen LogP) is 3.33. The van der Waals surface area contributed by atoms with Gasteiger partial charge < -0.3 is 19.7 Å². The van der Waals surface area contributed by atoms with Gasteiger partial charge in [-0.05, 0) is 42.5 Å². The molecule has 1 atom stereocenters. The van der Waals surface area contributed by atoms with E-state index in [4.69, 9.17) is 9.47 Å². The van der Waals surface area contributed by atoms with Crippen molar-refractivity contribution >= 4 is 11.8 Å². The van der Waals surface area contributed by atoms with Crippen LogP contribution in [-0.2, 0) is 21.4 Å². The number of nitrogens with zero attached hydrogens (tertiary/aromatic N) is 1. The topological polar surface area (TPSA) is 67.9 Å². The summed E-state index contributed by atoms with van der Waals surface area (Å²) in [6.07, 6.45) is 4.38. The zero-order chi connectivity index (χ0) is 22.6. The molecule has 0 aromatic heterocycles. The van der Waals surface area contributed by atoms with Crippen molar-refractivity contribution < 1.29 is 19.1 Å². The first-order valence-corrected chi connectivity index (χ1v) is 11.4. The molecule has 1 saturated heterocycles. The van der Waals surface area contributed by atoms with Crippen molar-refractivity contribution in [2.75, 3.05) is 33.9 Å². The molecule has 2 aliphatic rings. The maximum atomic E-state index is 12.9. The monoisotopic (exact) mass is 436 g/mol. The van der Waals surface area contributed by atoms with Crippen LogP contribution < -0.4 is 14.8 Å². The number of carbonyl (C=O) groups excluding carboxylic acids is 2. The van der Waals surface area contributed by atoms with E-state index in [-0.39, 0.29) is 29.6 Å². The second-order valence-corrected chi connectivity index (χ2v) is 8.90. The minimum absolute atomic E-state index is 0.00540. The maximum Gasteiger partial charge on any atom is 0.225 e. The molecule has 4 rings (SSSR count). The van der Waals surface area contributed by atoms with Gasteiger partial charge in [0.1, 0.15) is 0 Å². The summed E-state index contributed by atoms with van der Waals surface area (Å²) in [4.78, 5) is 27.2. The largest absolute Gasteiger partial charge is 0.493 e. The van der Waals surface area contributed by atoms with Crippen LogP contribution >= 0.6 is 0 Å². The van der Waals surface area contributed by atoms with Gasteiger partial charge in [0, 0.05) is 31.5 Å². The molecule has 32 heavy (non-hydrogen) atoms. The number of benzene rings is 2. The Labute approximate surface area is 189 Å². The third-order valence-electron chi connectivity index (χ3n) is 7.00. The maximum absolute atomic E-state index is 12.9. The van der Waals surface area contributed by atoms with Gasteiger partial charge in [0.2, 0.25) is 11.8 Å². The van der Waals surface area contributed by atoms with Gasteiger partial charge in [-0.25, -0.2) is 0 Å². The molecule has 6 heteroatoms. The Balaban J connectivity index is 1.30. The first-order chi connectivity index (χ1) is 15.5. The number of carbonyl (C=O) groups is 2. The third kappa shape index (κ3) is 4.59. The molecule has 2 aromatic carbocycles. The molecule has 1 aliphatic carbocycles. The molecule has 2 aromatic rings. The molecule has 0 spiro atoms. The van der Waals surface area contributed by atoms with Crippen molar-refractivity contribution in [3.8, 4) is 11.5 Å². The molecule has 1 unspecified atom stereocenters. The zero-order valence-corrected chi connectivity index (χ0v) is 18.9. The van der Waals surface area contributed by atoms with E-state index in [9.17, 15) is 9.59 Å². The number of nitrogens with one attached hydrogen (secondary N) is 1. The molecule has 0 radical (unpaired) electrons. The highest BCUT2D eigenvalue weighted by atomic mass is 16.5. The lowest BCUT2D eigenvalue weighted by molar-refractivity contribution is -0.129. The molecule has 6 nitrogen and oxygen atoms in total. The number of hydrogen-bond acceptors (Lipinski definition) is 4. The first-order valence-electron chi connectivity index (χ1n) is 11.4. The molecular weight excluding hydrogens is 404 g/mol. The van der Waals surface area contributed by atoms with E-state index < -0.39 is 0 Å². The van der Waals surface area contributed by atoms with Gasteiger partial charge in [-0.3, -0.25) is 9.59 Å². The standard InChI is InChI=1S/C26H32N2O4/c1-31-22-10-9-19(15-23(22)32-2)11-14-28-17-20(16-24(28)29)25(30)27-18-26(12-6-13-26)21-7-4-3-5-8-21/h3-5,7-10,15,20H,6,11-14,16-18H2,1-2H3,(H,27,30). The van der Waals surface area contributed by atoms with Crippen molar-refractivity contribution in [1.29, 1.82) is 0 Å². The van der Waals surface area contributed by atoms with Gasteiger partial charge in [0.15, 0.2) is 11.5 Å². The number of amides is 2. The quantitative estimate of drug-likeness (QED) is 0.655. The summed E-state index contributed by atoms with van der Waals surface area (Å²) >= 11 is 0. The van der Waals surface area contributed by atoms with Crippen LogP contribution in [0, 0.1) is 5.92 Å². The molecule has 170 valence electrons. The van der Waals surface area contributed by atoms with Gasteiger partial charge in [-0.2, -0.15) is 0 Å². The summed E-state index contributed by atoms with van der Waals surface area (Å²) in [7, 11) is 3.22. The smallest absolute Gasteiger partial charge is 0.225 e. The van der Waals surface area contributed by atoms with Crippen LogP contribution in [0.15, 0.2) is 48.5 Å². The number of likely N-dealkylation sites (tertiary alicyclic amines) is 1. The third-order valence-corrected chi connectivity index (χ3v) is 7.00. The molecule has 1 saturated carbocycles. The zero-order valence-electron chi connectivity index (χ0n) is 18.9. The number of hydrogen-bond donors (Lipinski definition) is 1. The van der Waals surface area contributed by atoms with E-state index in [0.717, 1.165) is 18.4 Å². The van der Waals surface area contributed by atoms with Crippen molar-refractivity contribution in [2.45, 2.75) is 37.5 Å². The minimum Gasteiger partial charge on any atom is -0.493 e. The summed E-state index contributed by atoms with van der Waals surface area (Å²) < 4.78 is 10.6. The Bertz CT molecular complexity index is 956. The van der Waals surface area contributed by atoms with Crippen LogP contribution in [0.2, 0.25) is 0 Å². The van der Waals surface area contributed by atoms with E-state index >= 15 is 0 Å². The first kappa shape index (κ1) is 22.2. The van der Waals surface area contributed by atoms with Crippen molar-refractivity contribution in [2.24, 2.45) is 5.92 Å². The van der Waals surface area contributed by atoms with Crippen LogP contribution in [0.1, 0.15) is 36.8 Å². The van der Waals surface area contributed by atoms with Gasteiger partial charge in [-0.15, -0.1) is 0 Å². The number of ether oxygens (including phenoxy) is 2. The summed E-state index contributed by atoms with van der Waals surface area (Å²) in [6.45, 7) is 1.72. The lowest BCUT2D eigenvalue weighted by Gasteiger charge is -2.42. The number of methoxy groups -OCH3 is 2. The molecular formula is C26H32N2O4. The average molecular weight is 437 g/mol. The number of rotatable bonds is 9. The molecule has 2 amide bonds. The fourth-order valence-electron chi connectivity index (χ4n) is 4.83. The highest BCUT2D eigenvalue weighted by Gasteiger charge is 2.40. The Morgan fingerprint density at radius 1 is 1.09 bits per heavy atom. The highest BCUT2D eigenvalue weighted by molar-refractivity contribution is 5.89. The average Bonchev–Trinajstić information content (AvgIpc) is 3.18. The van der Waals surface area contributed by atoms with E-state index in [1.165, 1.54) is 12.0 Å². The van der Waals surface area contributed by atoms with Gasteiger partial charge in [-0.1, -0.05) is 42.8 Å². The fraction of sp³-hybridized carbons (Fsp3) is 0.462. The van der Waals surface area contributed by atoms with Gasteiger partial charge in [0.25, 0.3) is 0 Å². The van der Waals surface area contributed by atoms with E-state index in [1.807, 2.05) is 24.3 Å². The Kier molecular flexibility index (Phi) is 6.68. The van der Waals surface area contributed by atoms with Crippen LogP contribution in [0.5, 0.6) is 11.5 Å². The van der Waals surface area contributed by atoms with Crippen molar-refractivity contribution in [3.63, 3.8) is 0 Å². The fourth-order valence-corrected chi connectivity index (χ4v) is 4.83. The van der Waals surface area contributed by atoms with E-state index in [1.54, 1.807) is 19.1 Å². The van der Waals surface area contributed by atoms with Gasteiger partial charge in [0.05, 0.1) is 20.1 Å². The normalized spacial score (nSPS) is 19.4. The van der Waals surface area contributed by atoms with E-state index in [0.29, 0.717) is 37.6 Å². The lowest BCUT2D eigenvalue weighted by Crippen LogP contribution is -2.47. The minimum atomic E-state index is -0.277. The predicted molar refractivity (Wildman–Crippen MR) is 123 cm³/mol. The van der Waals surface area contributed by atoms with E-state index in [2.05, 4.69) is 29.6 Å². The van der Waals surface area contributed by atoms with Crippen molar-refractivity contribution in [1.82, 2.24) is 10.2 Å². The van der Waals surface area contributed by atoms with Crippen LogP contribution in [0.25, 0.3) is 0 Å². The molecule has 1 heterocycles.